The highest BCUT2D eigenvalue weighted by molar-refractivity contribution is 6.05. The standard InChI is InChI=1S/C16H11NO2/c18-16(19)15-14(11-6-2-1-3-7-11)13-9-5-4-8-12(13)10-17-15/h1-10H,(H,18,19). The normalized spacial score (nSPS) is 10.5. The maximum absolute atomic E-state index is 11.4. The van der Waals surface area contributed by atoms with E-state index in [1.54, 1.807) is 6.20 Å². The molecule has 0 unspecified atom stereocenters. The van der Waals surface area contributed by atoms with E-state index in [-0.39, 0.29) is 5.69 Å². The first kappa shape index (κ1) is 11.4. The Morgan fingerprint density at radius 3 is 2.37 bits per heavy atom. The number of aromatic nitrogens is 1. The van der Waals surface area contributed by atoms with Gasteiger partial charge in [-0.1, -0.05) is 54.6 Å². The van der Waals surface area contributed by atoms with Crippen LogP contribution in [0.1, 0.15) is 10.5 Å². The molecule has 0 fully saturated rings. The smallest absolute Gasteiger partial charge is 0.355 e. The van der Waals surface area contributed by atoms with Crippen LogP contribution < -0.4 is 0 Å². The molecular weight excluding hydrogens is 238 g/mol. The van der Waals surface area contributed by atoms with Gasteiger partial charge in [-0.2, -0.15) is 0 Å². The number of carboxylic acids is 1. The minimum Gasteiger partial charge on any atom is -0.476 e. The van der Waals surface area contributed by atoms with Crippen molar-refractivity contribution in [3.8, 4) is 11.1 Å². The van der Waals surface area contributed by atoms with E-state index in [2.05, 4.69) is 4.98 Å². The van der Waals surface area contributed by atoms with Gasteiger partial charge in [-0.25, -0.2) is 9.78 Å². The maximum Gasteiger partial charge on any atom is 0.355 e. The third kappa shape index (κ3) is 1.95. The molecule has 0 aliphatic heterocycles. The van der Waals surface area contributed by atoms with Crippen molar-refractivity contribution in [3.63, 3.8) is 0 Å². The van der Waals surface area contributed by atoms with E-state index in [1.165, 1.54) is 0 Å². The quantitative estimate of drug-likeness (QED) is 0.754. The van der Waals surface area contributed by atoms with Crippen molar-refractivity contribution in [3.05, 3.63) is 66.5 Å². The number of pyridine rings is 1. The Bertz CT molecular complexity index is 751. The number of nitrogens with zero attached hydrogens (tertiary/aromatic N) is 1. The van der Waals surface area contributed by atoms with E-state index in [9.17, 15) is 9.90 Å². The van der Waals surface area contributed by atoms with E-state index in [1.807, 2.05) is 54.6 Å². The summed E-state index contributed by atoms with van der Waals surface area (Å²) < 4.78 is 0. The fraction of sp³-hybridized carbons (Fsp3) is 0. The maximum atomic E-state index is 11.4. The van der Waals surface area contributed by atoms with Gasteiger partial charge in [0.1, 0.15) is 0 Å². The third-order valence-electron chi connectivity index (χ3n) is 3.06. The highest BCUT2D eigenvalue weighted by Gasteiger charge is 2.16. The molecule has 0 aliphatic rings. The summed E-state index contributed by atoms with van der Waals surface area (Å²) in [5, 5.41) is 11.2. The van der Waals surface area contributed by atoms with Crippen molar-refractivity contribution in [2.75, 3.05) is 0 Å². The van der Waals surface area contributed by atoms with Gasteiger partial charge in [0, 0.05) is 17.1 Å². The van der Waals surface area contributed by atoms with Crippen LogP contribution in [0.4, 0.5) is 0 Å². The van der Waals surface area contributed by atoms with Gasteiger partial charge in [0.05, 0.1) is 0 Å². The van der Waals surface area contributed by atoms with Gasteiger partial charge in [0.15, 0.2) is 5.69 Å². The Labute approximate surface area is 110 Å². The summed E-state index contributed by atoms with van der Waals surface area (Å²) in [5.74, 6) is -1.01. The lowest BCUT2D eigenvalue weighted by Gasteiger charge is -2.09. The zero-order chi connectivity index (χ0) is 13.2. The molecule has 1 N–H and O–H groups in total. The molecule has 1 heterocycles. The number of rotatable bonds is 2. The predicted molar refractivity (Wildman–Crippen MR) is 74.1 cm³/mol. The van der Waals surface area contributed by atoms with Crippen LogP contribution in [0.25, 0.3) is 21.9 Å². The molecule has 3 aromatic rings. The Kier molecular flexibility index (Phi) is 2.72. The van der Waals surface area contributed by atoms with E-state index < -0.39 is 5.97 Å². The molecule has 0 aliphatic carbocycles. The molecule has 0 saturated carbocycles. The number of hydrogen-bond acceptors (Lipinski definition) is 2. The molecule has 3 heteroatoms. The fourth-order valence-electron chi connectivity index (χ4n) is 2.22. The molecule has 0 saturated heterocycles. The first-order valence-electron chi connectivity index (χ1n) is 5.94. The molecule has 0 amide bonds. The van der Waals surface area contributed by atoms with Gasteiger partial charge in [0.25, 0.3) is 0 Å². The van der Waals surface area contributed by atoms with Gasteiger partial charge in [0.2, 0.25) is 0 Å². The second-order valence-corrected chi connectivity index (χ2v) is 4.24. The lowest BCUT2D eigenvalue weighted by atomic mass is 9.97. The summed E-state index contributed by atoms with van der Waals surface area (Å²) in [7, 11) is 0. The van der Waals surface area contributed by atoms with Crippen molar-refractivity contribution in [1.82, 2.24) is 4.98 Å². The first-order chi connectivity index (χ1) is 9.27. The summed E-state index contributed by atoms with van der Waals surface area (Å²) in [6.07, 6.45) is 1.60. The number of benzene rings is 2. The van der Waals surface area contributed by atoms with Crippen molar-refractivity contribution in [2.45, 2.75) is 0 Å². The first-order valence-corrected chi connectivity index (χ1v) is 5.94. The molecule has 0 spiro atoms. The molecular formula is C16H11NO2. The van der Waals surface area contributed by atoms with Crippen molar-refractivity contribution < 1.29 is 9.90 Å². The average molecular weight is 249 g/mol. The largest absolute Gasteiger partial charge is 0.476 e. The number of carboxylic acid groups (broad SMARTS) is 1. The van der Waals surface area contributed by atoms with Gasteiger partial charge in [-0.15, -0.1) is 0 Å². The zero-order valence-corrected chi connectivity index (χ0v) is 10.1. The van der Waals surface area contributed by atoms with Crippen molar-refractivity contribution in [1.29, 1.82) is 0 Å². The highest BCUT2D eigenvalue weighted by Crippen LogP contribution is 2.30. The summed E-state index contributed by atoms with van der Waals surface area (Å²) in [6.45, 7) is 0. The minimum atomic E-state index is -1.01. The van der Waals surface area contributed by atoms with Crippen LogP contribution in [0, 0.1) is 0 Å². The number of hydrogen-bond donors (Lipinski definition) is 1. The average Bonchev–Trinajstić information content (AvgIpc) is 2.46. The third-order valence-corrected chi connectivity index (χ3v) is 3.06. The van der Waals surface area contributed by atoms with Crippen LogP contribution in [0.3, 0.4) is 0 Å². The molecule has 92 valence electrons. The van der Waals surface area contributed by atoms with Gasteiger partial charge >= 0.3 is 5.97 Å². The fourth-order valence-corrected chi connectivity index (χ4v) is 2.22. The van der Waals surface area contributed by atoms with Crippen LogP contribution in [0.2, 0.25) is 0 Å². The van der Waals surface area contributed by atoms with Crippen LogP contribution in [0.5, 0.6) is 0 Å². The van der Waals surface area contributed by atoms with Gasteiger partial charge < -0.3 is 5.11 Å². The Balaban J connectivity index is 2.42. The molecule has 19 heavy (non-hydrogen) atoms. The molecule has 1 aromatic heterocycles. The molecule has 0 atom stereocenters. The SMILES string of the molecule is O=C(O)c1ncc2ccccc2c1-c1ccccc1. The Morgan fingerprint density at radius 1 is 0.947 bits per heavy atom. The summed E-state index contributed by atoms with van der Waals surface area (Å²) in [4.78, 5) is 15.5. The van der Waals surface area contributed by atoms with E-state index in [0.717, 1.165) is 16.3 Å². The molecule has 3 nitrogen and oxygen atoms in total. The highest BCUT2D eigenvalue weighted by atomic mass is 16.4. The zero-order valence-electron chi connectivity index (χ0n) is 10.1. The van der Waals surface area contributed by atoms with Crippen molar-refractivity contribution in [2.24, 2.45) is 0 Å². The number of carbonyl (C=O) groups is 1. The molecule has 2 aromatic carbocycles. The van der Waals surface area contributed by atoms with Gasteiger partial charge in [-0.3, -0.25) is 0 Å². The van der Waals surface area contributed by atoms with Gasteiger partial charge in [-0.05, 0) is 10.9 Å². The van der Waals surface area contributed by atoms with E-state index in [4.69, 9.17) is 0 Å². The second kappa shape index (κ2) is 4.53. The monoisotopic (exact) mass is 249 g/mol. The van der Waals surface area contributed by atoms with Crippen LogP contribution >= 0.6 is 0 Å². The topological polar surface area (TPSA) is 50.2 Å². The minimum absolute atomic E-state index is 0.0879. The molecule has 3 rings (SSSR count). The van der Waals surface area contributed by atoms with Crippen LogP contribution in [0.15, 0.2) is 60.8 Å². The van der Waals surface area contributed by atoms with Crippen LogP contribution in [-0.2, 0) is 0 Å². The van der Waals surface area contributed by atoms with Crippen molar-refractivity contribution >= 4 is 16.7 Å². The van der Waals surface area contributed by atoms with Crippen LogP contribution in [-0.4, -0.2) is 16.1 Å². The second-order valence-electron chi connectivity index (χ2n) is 4.24. The summed E-state index contributed by atoms with van der Waals surface area (Å²) in [6, 6.07) is 17.2. The Hall–Kier alpha value is -2.68. The number of aromatic carboxylic acids is 1. The summed E-state index contributed by atoms with van der Waals surface area (Å²) >= 11 is 0. The predicted octanol–water partition coefficient (Wildman–Crippen LogP) is 3.60. The molecule has 0 bridgehead atoms. The lowest BCUT2D eigenvalue weighted by Crippen LogP contribution is -2.03. The van der Waals surface area contributed by atoms with E-state index >= 15 is 0 Å². The summed E-state index contributed by atoms with van der Waals surface area (Å²) in [5.41, 5.74) is 1.63. The molecule has 0 radical (unpaired) electrons. The van der Waals surface area contributed by atoms with E-state index in [0.29, 0.717) is 5.56 Å². The lowest BCUT2D eigenvalue weighted by molar-refractivity contribution is 0.0691. The number of fused-ring (bicyclic) bond motifs is 1. The Morgan fingerprint density at radius 2 is 1.63 bits per heavy atom.